The first-order chi connectivity index (χ1) is 5.34. The number of alkyl halides is 1. The first-order valence-electron chi connectivity index (χ1n) is 3.40. The Balaban J connectivity index is 4.37. The van der Waals surface area contributed by atoms with E-state index >= 15 is 0 Å². The largest absolute Gasteiger partial charge is 0.393 e. The lowest BCUT2D eigenvalue weighted by atomic mass is 10.0. The maximum absolute atomic E-state index is 12.9. The van der Waals surface area contributed by atoms with Crippen LogP contribution in [0.5, 0.6) is 0 Å². The van der Waals surface area contributed by atoms with Crippen LogP contribution in [0.3, 0.4) is 0 Å². The molecular formula is C6H13FO5. The Labute approximate surface area is 68.7 Å². The molecule has 0 radical (unpaired) electrons. The van der Waals surface area contributed by atoms with Gasteiger partial charge in [-0.05, 0) is 6.92 Å². The van der Waals surface area contributed by atoms with Gasteiger partial charge in [-0.25, -0.2) is 4.39 Å². The first kappa shape index (κ1) is 11.7. The van der Waals surface area contributed by atoms with Gasteiger partial charge >= 0.3 is 0 Å². The summed E-state index contributed by atoms with van der Waals surface area (Å²) in [5.74, 6) is -3.40. The molecule has 0 aromatic carbocycles. The fourth-order valence-corrected chi connectivity index (χ4v) is 0.663. The molecule has 0 aliphatic rings. The summed E-state index contributed by atoms with van der Waals surface area (Å²) in [6, 6.07) is 0. The summed E-state index contributed by atoms with van der Waals surface area (Å²) in [5.41, 5.74) is 0. The molecule has 12 heavy (non-hydrogen) atoms. The van der Waals surface area contributed by atoms with Crippen LogP contribution in [0.2, 0.25) is 0 Å². The van der Waals surface area contributed by atoms with Crippen LogP contribution >= 0.6 is 0 Å². The van der Waals surface area contributed by atoms with Gasteiger partial charge in [0.1, 0.15) is 12.2 Å². The zero-order valence-electron chi connectivity index (χ0n) is 6.55. The summed E-state index contributed by atoms with van der Waals surface area (Å²) in [5, 5.41) is 43.1. The van der Waals surface area contributed by atoms with Gasteiger partial charge in [0, 0.05) is 0 Å². The second kappa shape index (κ2) is 4.11. The van der Waals surface area contributed by atoms with E-state index in [2.05, 4.69) is 0 Å². The van der Waals surface area contributed by atoms with Crippen LogP contribution in [0.25, 0.3) is 0 Å². The van der Waals surface area contributed by atoms with Gasteiger partial charge in [0.2, 0.25) is 0 Å². The van der Waals surface area contributed by atoms with E-state index in [1.165, 1.54) is 0 Å². The summed E-state index contributed by atoms with van der Waals surface area (Å²) < 4.78 is 12.9. The fraction of sp³-hybridized carbons (Fsp3) is 1.00. The maximum Gasteiger partial charge on any atom is 0.263 e. The molecule has 0 aromatic rings. The molecular weight excluding hydrogens is 171 g/mol. The van der Waals surface area contributed by atoms with Crippen molar-refractivity contribution in [3.05, 3.63) is 0 Å². The molecule has 0 heterocycles. The molecule has 0 spiro atoms. The quantitative estimate of drug-likeness (QED) is 0.339. The van der Waals surface area contributed by atoms with E-state index in [1.807, 2.05) is 0 Å². The van der Waals surface area contributed by atoms with Gasteiger partial charge in [-0.3, -0.25) is 0 Å². The van der Waals surface area contributed by atoms with E-state index in [0.717, 1.165) is 6.92 Å². The van der Waals surface area contributed by atoms with Crippen LogP contribution in [-0.2, 0) is 0 Å². The third-order valence-electron chi connectivity index (χ3n) is 1.51. The molecule has 0 aromatic heterocycles. The van der Waals surface area contributed by atoms with Crippen molar-refractivity contribution in [2.45, 2.75) is 31.1 Å². The van der Waals surface area contributed by atoms with Gasteiger partial charge in [0.25, 0.3) is 5.85 Å². The highest BCUT2D eigenvalue weighted by atomic mass is 19.2. The highest BCUT2D eigenvalue weighted by Gasteiger charge is 2.45. The predicted molar refractivity (Wildman–Crippen MR) is 36.8 cm³/mol. The monoisotopic (exact) mass is 184 g/mol. The zero-order chi connectivity index (χ0) is 9.94. The highest BCUT2D eigenvalue weighted by molar-refractivity contribution is 4.85. The number of aliphatic hydroxyl groups is 5. The van der Waals surface area contributed by atoms with Crippen molar-refractivity contribution >= 4 is 0 Å². The molecule has 5 N–H and O–H groups in total. The lowest BCUT2D eigenvalue weighted by molar-refractivity contribution is -0.251. The van der Waals surface area contributed by atoms with Gasteiger partial charge in [-0.2, -0.15) is 0 Å². The Kier molecular flexibility index (Phi) is 4.01. The van der Waals surface area contributed by atoms with Crippen molar-refractivity contribution in [1.82, 2.24) is 0 Å². The van der Waals surface area contributed by atoms with Gasteiger partial charge in [-0.1, -0.05) is 0 Å². The van der Waals surface area contributed by atoms with E-state index in [1.54, 1.807) is 0 Å². The average molecular weight is 184 g/mol. The topological polar surface area (TPSA) is 101 Å². The van der Waals surface area contributed by atoms with Crippen LogP contribution in [-0.4, -0.2) is 56.3 Å². The van der Waals surface area contributed by atoms with Crippen molar-refractivity contribution in [3.63, 3.8) is 0 Å². The number of rotatable bonds is 4. The highest BCUT2D eigenvalue weighted by Crippen LogP contribution is 2.20. The molecule has 0 saturated heterocycles. The van der Waals surface area contributed by atoms with Crippen LogP contribution in [0.15, 0.2) is 0 Å². The summed E-state index contributed by atoms with van der Waals surface area (Å²) in [7, 11) is 0. The number of halogens is 1. The molecule has 5 nitrogen and oxygen atoms in total. The van der Waals surface area contributed by atoms with E-state index in [4.69, 9.17) is 25.5 Å². The molecule has 0 aliphatic heterocycles. The summed E-state index contributed by atoms with van der Waals surface area (Å²) in [4.78, 5) is 0. The smallest absolute Gasteiger partial charge is 0.263 e. The number of hydrogen-bond acceptors (Lipinski definition) is 5. The van der Waals surface area contributed by atoms with Crippen molar-refractivity contribution < 1.29 is 29.9 Å². The lowest BCUT2D eigenvalue weighted by Crippen LogP contribution is -2.54. The standard InChI is InChI=1S/C6H13FO5/c1-3(9)5(11)6(7,12)4(10)2-8/h3-5,8-12H,2H2,1H3/t3-,4+,5+,6+/m0/s1. The Hall–Kier alpha value is -0.270. The van der Waals surface area contributed by atoms with Crippen LogP contribution in [0, 0.1) is 0 Å². The Morgan fingerprint density at radius 1 is 1.33 bits per heavy atom. The van der Waals surface area contributed by atoms with Crippen molar-refractivity contribution in [3.8, 4) is 0 Å². The molecule has 0 saturated carbocycles. The normalized spacial score (nSPS) is 24.2. The first-order valence-corrected chi connectivity index (χ1v) is 3.40. The van der Waals surface area contributed by atoms with E-state index < -0.39 is 30.8 Å². The van der Waals surface area contributed by atoms with Crippen molar-refractivity contribution in [2.24, 2.45) is 0 Å². The van der Waals surface area contributed by atoms with Gasteiger partial charge < -0.3 is 25.5 Å². The van der Waals surface area contributed by atoms with Crippen molar-refractivity contribution in [1.29, 1.82) is 0 Å². The van der Waals surface area contributed by atoms with Crippen LogP contribution in [0.1, 0.15) is 6.92 Å². The minimum absolute atomic E-state index is 1.04. The van der Waals surface area contributed by atoms with Gasteiger partial charge in [0.15, 0.2) is 0 Å². The molecule has 74 valence electrons. The molecule has 0 bridgehead atoms. The minimum atomic E-state index is -3.40. The molecule has 0 aliphatic carbocycles. The van der Waals surface area contributed by atoms with E-state index in [9.17, 15) is 4.39 Å². The van der Waals surface area contributed by atoms with Gasteiger partial charge in [-0.15, -0.1) is 0 Å². The Bertz CT molecular complexity index is 138. The third kappa shape index (κ3) is 2.36. The third-order valence-corrected chi connectivity index (χ3v) is 1.51. The van der Waals surface area contributed by atoms with Crippen LogP contribution < -0.4 is 0 Å². The molecule has 0 rings (SSSR count). The fourth-order valence-electron chi connectivity index (χ4n) is 0.663. The molecule has 0 amide bonds. The summed E-state index contributed by atoms with van der Waals surface area (Å²) in [6.45, 7) is -0.00388. The Morgan fingerprint density at radius 2 is 1.75 bits per heavy atom. The minimum Gasteiger partial charge on any atom is -0.393 e. The van der Waals surface area contributed by atoms with Gasteiger partial charge in [0.05, 0.1) is 12.7 Å². The second-order valence-electron chi connectivity index (χ2n) is 2.61. The summed E-state index contributed by atoms with van der Waals surface area (Å²) in [6.07, 6.45) is -5.83. The lowest BCUT2D eigenvalue weighted by Gasteiger charge is -2.29. The maximum atomic E-state index is 12.9. The second-order valence-corrected chi connectivity index (χ2v) is 2.61. The zero-order valence-corrected chi connectivity index (χ0v) is 6.55. The Morgan fingerprint density at radius 3 is 2.00 bits per heavy atom. The molecule has 6 heteroatoms. The van der Waals surface area contributed by atoms with Crippen molar-refractivity contribution in [2.75, 3.05) is 6.61 Å². The predicted octanol–water partition coefficient (Wildman–Crippen LogP) is -2.26. The number of aliphatic hydroxyl groups excluding tert-OH is 4. The summed E-state index contributed by atoms with van der Waals surface area (Å²) >= 11 is 0. The average Bonchev–Trinajstić information content (AvgIpc) is 2.01. The van der Waals surface area contributed by atoms with E-state index in [-0.39, 0.29) is 0 Å². The number of hydrogen-bond donors (Lipinski definition) is 5. The molecule has 0 fully saturated rings. The SMILES string of the molecule is C[C@H](O)[C@@H](O)[C@@](O)(F)[C@H](O)CO. The van der Waals surface area contributed by atoms with E-state index in [0.29, 0.717) is 0 Å². The molecule has 0 unspecified atom stereocenters. The molecule has 4 atom stereocenters. The van der Waals surface area contributed by atoms with Crippen LogP contribution in [0.4, 0.5) is 4.39 Å².